The zero-order valence-corrected chi connectivity index (χ0v) is 33.0. The number of aliphatic hydroxyl groups excluding tert-OH is 1. The van der Waals surface area contributed by atoms with Gasteiger partial charge in [0.1, 0.15) is 12.2 Å². The van der Waals surface area contributed by atoms with Crippen LogP contribution in [0.3, 0.4) is 0 Å². The maximum atomic E-state index is 13.6. The molecule has 45 heavy (non-hydrogen) atoms. The fourth-order valence-corrected chi connectivity index (χ4v) is 5.95. The summed E-state index contributed by atoms with van der Waals surface area (Å²) in [7, 11) is -17.6. The van der Waals surface area contributed by atoms with Crippen molar-refractivity contribution in [3.63, 3.8) is 0 Å². The molecular formula is C21H27N2Na3O16S3. The van der Waals surface area contributed by atoms with Crippen molar-refractivity contribution in [2.75, 3.05) is 6.54 Å². The van der Waals surface area contributed by atoms with Crippen molar-refractivity contribution in [1.82, 2.24) is 10.2 Å². The number of nitrogens with zero attached hydrogens (tertiary/aromatic N) is 1. The molecule has 0 spiro atoms. The Morgan fingerprint density at radius 3 is 1.87 bits per heavy atom. The van der Waals surface area contributed by atoms with Crippen LogP contribution in [0.2, 0.25) is 0 Å². The molecule has 238 valence electrons. The molecule has 5 atom stereocenters. The van der Waals surface area contributed by atoms with Crippen LogP contribution in [0.5, 0.6) is 0 Å². The van der Waals surface area contributed by atoms with Gasteiger partial charge in [-0.1, -0.05) is 49.6 Å². The molecule has 2 N–H and O–H groups in total. The molecule has 18 nitrogen and oxygen atoms in total. The third-order valence-electron chi connectivity index (χ3n) is 6.27. The summed E-state index contributed by atoms with van der Waals surface area (Å²) in [5, 5.41) is 13.6. The van der Waals surface area contributed by atoms with E-state index in [4.69, 9.17) is 4.74 Å². The first-order chi connectivity index (χ1) is 19.4. The van der Waals surface area contributed by atoms with Crippen LogP contribution in [0.1, 0.15) is 37.7 Å². The number of nitrogens with one attached hydrogen (secondary N) is 1. The maximum Gasteiger partial charge on any atom is 1.00 e. The predicted octanol–water partition coefficient (Wildman–Crippen LogP) is -11.3. The van der Waals surface area contributed by atoms with Crippen molar-refractivity contribution in [2.24, 2.45) is 0 Å². The first-order valence-corrected chi connectivity index (χ1v) is 16.3. The topological polar surface area (TPSA) is 278 Å². The van der Waals surface area contributed by atoms with Crippen LogP contribution in [-0.4, -0.2) is 104 Å². The Morgan fingerprint density at radius 2 is 1.36 bits per heavy atom. The monoisotopic (exact) mass is 728 g/mol. The summed E-state index contributed by atoms with van der Waals surface area (Å²) < 4.78 is 119. The van der Waals surface area contributed by atoms with E-state index in [-0.39, 0.29) is 101 Å². The second-order valence-electron chi connectivity index (χ2n) is 9.44. The van der Waals surface area contributed by atoms with Gasteiger partial charge < -0.3 is 33.7 Å². The zero-order chi connectivity index (χ0) is 31.3. The summed E-state index contributed by atoms with van der Waals surface area (Å²) >= 11 is 0. The van der Waals surface area contributed by atoms with Crippen LogP contribution in [-0.2, 0) is 64.6 Å². The number of hydrogen-bond acceptors (Lipinski definition) is 16. The second-order valence-corrected chi connectivity index (χ2v) is 12.5. The van der Waals surface area contributed by atoms with Gasteiger partial charge in [0.05, 0.1) is 6.54 Å². The van der Waals surface area contributed by atoms with Gasteiger partial charge in [-0.05, 0) is 18.4 Å². The number of rotatable bonds is 12. The Kier molecular flexibility index (Phi) is 20.1. The summed E-state index contributed by atoms with van der Waals surface area (Å²) in [5.41, 5.74) is 0.449. The van der Waals surface area contributed by atoms with Crippen molar-refractivity contribution < 1.29 is 160 Å². The molecule has 1 saturated carbocycles. The van der Waals surface area contributed by atoms with E-state index >= 15 is 0 Å². The molecule has 1 aliphatic heterocycles. The number of ether oxygens (including phenoxy) is 1. The summed E-state index contributed by atoms with van der Waals surface area (Å²) in [6.07, 6.45) is -9.56. The summed E-state index contributed by atoms with van der Waals surface area (Å²) in [6, 6.07) is 7.80. The van der Waals surface area contributed by atoms with Crippen LogP contribution >= 0.6 is 0 Å². The Morgan fingerprint density at radius 1 is 0.844 bits per heavy atom. The fourth-order valence-electron chi connectivity index (χ4n) is 4.59. The van der Waals surface area contributed by atoms with Crippen LogP contribution < -0.4 is 94.0 Å². The minimum absolute atomic E-state index is 0. The summed E-state index contributed by atoms with van der Waals surface area (Å²) in [6.45, 7) is -0.988. The smallest absolute Gasteiger partial charge is 0.726 e. The van der Waals surface area contributed by atoms with E-state index in [9.17, 15) is 53.6 Å². The van der Waals surface area contributed by atoms with Crippen LogP contribution in [0.25, 0.3) is 0 Å². The molecule has 5 unspecified atom stereocenters. The Balaban J connectivity index is 0.00000645. The van der Waals surface area contributed by atoms with Gasteiger partial charge in [0, 0.05) is 12.6 Å². The van der Waals surface area contributed by atoms with E-state index in [1.807, 2.05) is 0 Å². The number of amides is 2. The number of benzene rings is 1. The van der Waals surface area contributed by atoms with Gasteiger partial charge in [-0.3, -0.25) is 18.0 Å². The minimum atomic E-state index is -5.89. The molecule has 0 radical (unpaired) electrons. The fraction of sp³-hybridized carbons (Fsp3) is 0.619. The second kappa shape index (κ2) is 19.8. The van der Waals surface area contributed by atoms with Crippen LogP contribution in [0.15, 0.2) is 30.3 Å². The van der Waals surface area contributed by atoms with E-state index < -0.39 is 80.3 Å². The van der Waals surface area contributed by atoms with Gasteiger partial charge in [0.2, 0.25) is 43.4 Å². The average molecular weight is 729 g/mol. The molecule has 1 aromatic rings. The van der Waals surface area contributed by atoms with E-state index in [1.54, 1.807) is 30.3 Å². The largest absolute Gasteiger partial charge is 1.00 e. The molecule has 2 aliphatic rings. The Hall–Kier alpha value is 0.690. The Labute approximate surface area is 327 Å². The molecule has 1 saturated heterocycles. The molecule has 0 bridgehead atoms. The van der Waals surface area contributed by atoms with E-state index in [2.05, 4.69) is 17.9 Å². The zero-order valence-electron chi connectivity index (χ0n) is 24.5. The van der Waals surface area contributed by atoms with Crippen molar-refractivity contribution in [3.8, 4) is 0 Å². The number of hydrogen-bond donors (Lipinski definition) is 2. The van der Waals surface area contributed by atoms with Gasteiger partial charge >= 0.3 is 88.7 Å². The summed E-state index contributed by atoms with van der Waals surface area (Å²) in [5.74, 6) is -1.97. The third kappa shape index (κ3) is 15.8. The molecule has 0 aromatic heterocycles. The van der Waals surface area contributed by atoms with Crippen molar-refractivity contribution in [3.05, 3.63) is 35.9 Å². The van der Waals surface area contributed by atoms with Crippen molar-refractivity contribution >= 4 is 43.0 Å². The molecule has 2 fully saturated rings. The molecule has 1 heterocycles. The van der Waals surface area contributed by atoms with Gasteiger partial charge in [-0.25, -0.2) is 29.4 Å². The molecule has 2 amide bonds. The SMILES string of the molecule is O=C(CN(Cc1ccccc1)C(=O)C1OC(OS(=O)(=O)[O-])C(OS(=O)(=O)[O-])C(OS(=O)(=O)[O-])C1O)NC1CCCCC1.[Na+].[Na+].[Na+]. The normalized spacial score (nSPS) is 24.2. The van der Waals surface area contributed by atoms with Gasteiger partial charge in [-0.2, -0.15) is 0 Å². The van der Waals surface area contributed by atoms with Crippen LogP contribution in [0, 0.1) is 0 Å². The van der Waals surface area contributed by atoms with Gasteiger partial charge in [-0.15, -0.1) is 0 Å². The van der Waals surface area contributed by atoms with E-state index in [1.165, 1.54) is 0 Å². The predicted molar refractivity (Wildman–Crippen MR) is 131 cm³/mol. The maximum absolute atomic E-state index is 13.6. The van der Waals surface area contributed by atoms with Crippen molar-refractivity contribution in [2.45, 2.75) is 75.4 Å². The average Bonchev–Trinajstić information content (AvgIpc) is 2.86. The minimum Gasteiger partial charge on any atom is -0.726 e. The van der Waals surface area contributed by atoms with E-state index in [0.29, 0.717) is 18.4 Å². The number of carbonyl (C=O) groups is 2. The molecule has 3 rings (SSSR count). The molecular weight excluding hydrogens is 701 g/mol. The number of aliphatic hydroxyl groups is 1. The van der Waals surface area contributed by atoms with Gasteiger partial charge in [0.25, 0.3) is 5.91 Å². The summed E-state index contributed by atoms with van der Waals surface area (Å²) in [4.78, 5) is 27.3. The molecule has 24 heteroatoms. The number of carbonyl (C=O) groups excluding carboxylic acids is 2. The first-order valence-electron chi connectivity index (χ1n) is 12.3. The third-order valence-corrected chi connectivity index (χ3v) is 7.61. The Bertz CT molecular complexity index is 1430. The van der Waals surface area contributed by atoms with Gasteiger partial charge in [0.15, 0.2) is 12.2 Å². The van der Waals surface area contributed by atoms with E-state index in [0.717, 1.165) is 24.2 Å². The van der Waals surface area contributed by atoms with Crippen molar-refractivity contribution in [1.29, 1.82) is 0 Å². The quantitative estimate of drug-likeness (QED) is 0.115. The van der Waals surface area contributed by atoms with Crippen LogP contribution in [0.4, 0.5) is 0 Å². The molecule has 1 aromatic carbocycles. The standard InChI is InChI=1S/C21H30N2O16S3.3Na/c24-15(22-14-9-5-2-6-10-14)12-23(11-13-7-3-1-4-8-13)20(26)18-16(25)17(37-40(27,28)29)19(38-41(30,31)32)21(36-18)39-42(33,34)35;;;/h1,3-4,7-8,14,16-19,21,25H,2,5-6,9-12H2,(H,22,24)(H,27,28,29)(H,30,31,32)(H,33,34,35);;;/q;3*+1/p-3. The first kappa shape index (κ1) is 45.7. The molecule has 1 aliphatic carbocycles.